The van der Waals surface area contributed by atoms with E-state index >= 15 is 0 Å². The maximum atomic E-state index is 14.4. The summed E-state index contributed by atoms with van der Waals surface area (Å²) in [6.07, 6.45) is 0.208. The Bertz CT molecular complexity index is 1420. The molecule has 4 N–H and O–H groups in total. The lowest BCUT2D eigenvalue weighted by atomic mass is 9.96. The summed E-state index contributed by atoms with van der Waals surface area (Å²) in [7, 11) is 1.44. The van der Waals surface area contributed by atoms with Gasteiger partial charge in [-0.1, -0.05) is 24.3 Å². The Hall–Kier alpha value is -3.53. The highest BCUT2D eigenvalue weighted by molar-refractivity contribution is 6.10. The third-order valence-electron chi connectivity index (χ3n) is 6.67. The SMILES string of the molecule is COc1ccc(Cc2nc3c(c4c2[nH]c2ccccc24)CCN(CC(=O)NCC(O)CO)C3)cc1F. The normalized spacial score (nSPS) is 14.7. The first-order valence-corrected chi connectivity index (χ1v) is 12.0. The molecule has 0 fully saturated rings. The van der Waals surface area contributed by atoms with E-state index in [4.69, 9.17) is 14.8 Å². The van der Waals surface area contributed by atoms with Crippen LogP contribution in [0.2, 0.25) is 0 Å². The second-order valence-corrected chi connectivity index (χ2v) is 9.15. The summed E-state index contributed by atoms with van der Waals surface area (Å²) < 4.78 is 19.4. The number of ether oxygens (including phenoxy) is 1. The second-order valence-electron chi connectivity index (χ2n) is 9.15. The topological polar surface area (TPSA) is 111 Å². The monoisotopic (exact) mass is 492 g/mol. The molecule has 188 valence electrons. The number of pyridine rings is 1. The van der Waals surface area contributed by atoms with Crippen LogP contribution in [0.3, 0.4) is 0 Å². The predicted molar refractivity (Wildman–Crippen MR) is 134 cm³/mol. The minimum Gasteiger partial charge on any atom is -0.494 e. The number of carbonyl (C=O) groups is 1. The summed E-state index contributed by atoms with van der Waals surface area (Å²) in [5.41, 5.74) is 5.66. The predicted octanol–water partition coefficient (Wildman–Crippen LogP) is 2.28. The minimum atomic E-state index is -0.974. The van der Waals surface area contributed by atoms with Gasteiger partial charge >= 0.3 is 0 Å². The van der Waals surface area contributed by atoms with Crippen molar-refractivity contribution in [1.29, 1.82) is 0 Å². The number of halogens is 1. The highest BCUT2D eigenvalue weighted by Crippen LogP contribution is 2.35. The van der Waals surface area contributed by atoms with E-state index in [1.54, 1.807) is 6.07 Å². The summed E-state index contributed by atoms with van der Waals surface area (Å²) in [4.78, 5) is 22.9. The molecule has 1 atom stereocenters. The van der Waals surface area contributed by atoms with Crippen LogP contribution in [0, 0.1) is 5.82 Å². The van der Waals surface area contributed by atoms with E-state index in [2.05, 4.69) is 16.4 Å². The molecular weight excluding hydrogens is 463 g/mol. The second kappa shape index (κ2) is 10.2. The lowest BCUT2D eigenvalue weighted by Gasteiger charge is -2.28. The van der Waals surface area contributed by atoms with E-state index in [1.807, 2.05) is 29.2 Å². The molecule has 8 nitrogen and oxygen atoms in total. The smallest absolute Gasteiger partial charge is 0.234 e. The Morgan fingerprint density at radius 2 is 2.14 bits per heavy atom. The van der Waals surface area contributed by atoms with Crippen LogP contribution in [0.1, 0.15) is 22.5 Å². The van der Waals surface area contributed by atoms with Crippen LogP contribution < -0.4 is 10.1 Å². The average Bonchev–Trinajstić information content (AvgIpc) is 3.27. The number of aliphatic hydroxyl groups is 2. The highest BCUT2D eigenvalue weighted by atomic mass is 19.1. The Morgan fingerprint density at radius 1 is 1.31 bits per heavy atom. The lowest BCUT2D eigenvalue weighted by Crippen LogP contribution is -2.42. The van der Waals surface area contributed by atoms with E-state index in [9.17, 15) is 14.3 Å². The fourth-order valence-corrected chi connectivity index (χ4v) is 4.89. The largest absolute Gasteiger partial charge is 0.494 e. The number of amides is 1. The van der Waals surface area contributed by atoms with Gasteiger partial charge in [0.15, 0.2) is 11.6 Å². The Kier molecular flexibility index (Phi) is 6.86. The highest BCUT2D eigenvalue weighted by Gasteiger charge is 2.25. The number of methoxy groups -OCH3 is 1. The number of aliphatic hydroxyl groups excluding tert-OH is 2. The summed E-state index contributed by atoms with van der Waals surface area (Å²) in [5.74, 6) is -0.425. The van der Waals surface area contributed by atoms with Gasteiger partial charge in [0.2, 0.25) is 5.91 Å². The van der Waals surface area contributed by atoms with Crippen molar-refractivity contribution in [1.82, 2.24) is 20.2 Å². The lowest BCUT2D eigenvalue weighted by molar-refractivity contribution is -0.123. The Balaban J connectivity index is 1.48. The number of benzene rings is 2. The van der Waals surface area contributed by atoms with E-state index in [0.29, 0.717) is 19.5 Å². The molecule has 1 amide bonds. The fourth-order valence-electron chi connectivity index (χ4n) is 4.89. The van der Waals surface area contributed by atoms with Gasteiger partial charge in [0.05, 0.1) is 43.3 Å². The van der Waals surface area contributed by atoms with Crippen LogP contribution in [-0.2, 0) is 24.2 Å². The molecule has 0 aliphatic carbocycles. The molecule has 1 aliphatic rings. The number of carbonyl (C=O) groups excluding carboxylic acids is 1. The van der Waals surface area contributed by atoms with Crippen molar-refractivity contribution >= 4 is 27.7 Å². The number of nitrogens with zero attached hydrogens (tertiary/aromatic N) is 2. The van der Waals surface area contributed by atoms with Crippen LogP contribution in [0.5, 0.6) is 5.75 Å². The Labute approximate surface area is 207 Å². The number of hydrogen-bond acceptors (Lipinski definition) is 6. The number of aromatic nitrogens is 2. The third-order valence-corrected chi connectivity index (χ3v) is 6.67. The van der Waals surface area contributed by atoms with Crippen molar-refractivity contribution in [3.63, 3.8) is 0 Å². The third kappa shape index (κ3) is 4.77. The number of hydrogen-bond donors (Lipinski definition) is 4. The molecule has 1 unspecified atom stereocenters. The van der Waals surface area contributed by atoms with Crippen LogP contribution in [0.25, 0.3) is 21.8 Å². The number of rotatable bonds is 8. The summed E-state index contributed by atoms with van der Waals surface area (Å²) in [6, 6.07) is 13.1. The van der Waals surface area contributed by atoms with Crippen molar-refractivity contribution in [2.24, 2.45) is 0 Å². The molecule has 36 heavy (non-hydrogen) atoms. The van der Waals surface area contributed by atoms with Gasteiger partial charge in [-0.05, 0) is 35.7 Å². The van der Waals surface area contributed by atoms with Gasteiger partial charge in [-0.25, -0.2) is 4.39 Å². The molecule has 0 bridgehead atoms. The molecule has 9 heteroatoms. The summed E-state index contributed by atoms with van der Waals surface area (Å²) in [5, 5.41) is 23.3. The molecular formula is C27H29FN4O4. The standard InChI is InChI=1S/C27H29FN4O4/c1-36-24-7-6-16(10-20(24)28)11-22-27-26(18-4-2-3-5-21(18)31-27)19-8-9-32(13-23(19)30-22)14-25(35)29-12-17(34)15-33/h2-7,10,17,31,33-34H,8-9,11-15H2,1H3,(H,29,35). The Morgan fingerprint density at radius 3 is 2.92 bits per heavy atom. The summed E-state index contributed by atoms with van der Waals surface area (Å²) >= 11 is 0. The maximum absolute atomic E-state index is 14.4. The van der Waals surface area contributed by atoms with E-state index in [-0.39, 0.29) is 24.7 Å². The van der Waals surface area contributed by atoms with Crippen LogP contribution in [0.4, 0.5) is 4.39 Å². The molecule has 2 aromatic heterocycles. The van der Waals surface area contributed by atoms with Gasteiger partial charge in [0, 0.05) is 42.3 Å². The van der Waals surface area contributed by atoms with E-state index in [0.717, 1.165) is 45.2 Å². The maximum Gasteiger partial charge on any atom is 0.234 e. The molecule has 3 heterocycles. The molecule has 0 spiro atoms. The van der Waals surface area contributed by atoms with Crippen molar-refractivity contribution in [3.05, 3.63) is 70.8 Å². The summed E-state index contributed by atoms with van der Waals surface area (Å²) in [6.45, 7) is 0.983. The van der Waals surface area contributed by atoms with Crippen molar-refractivity contribution in [2.45, 2.75) is 25.5 Å². The fraction of sp³-hybridized carbons (Fsp3) is 0.333. The molecule has 2 aromatic carbocycles. The zero-order chi connectivity index (χ0) is 25.2. The number of aromatic amines is 1. The zero-order valence-corrected chi connectivity index (χ0v) is 20.1. The van der Waals surface area contributed by atoms with E-state index < -0.39 is 18.5 Å². The average molecular weight is 493 g/mol. The van der Waals surface area contributed by atoms with Gasteiger partial charge < -0.3 is 25.3 Å². The molecule has 5 rings (SSSR count). The number of nitrogens with one attached hydrogen (secondary N) is 2. The van der Waals surface area contributed by atoms with Crippen LogP contribution >= 0.6 is 0 Å². The van der Waals surface area contributed by atoms with Gasteiger partial charge in [-0.3, -0.25) is 14.7 Å². The van der Waals surface area contributed by atoms with Gasteiger partial charge in [-0.2, -0.15) is 0 Å². The zero-order valence-electron chi connectivity index (χ0n) is 20.1. The minimum absolute atomic E-state index is 0.0105. The first-order valence-electron chi connectivity index (χ1n) is 12.0. The number of fused-ring (bicyclic) bond motifs is 5. The van der Waals surface area contributed by atoms with E-state index in [1.165, 1.54) is 18.7 Å². The van der Waals surface area contributed by atoms with Crippen LogP contribution in [-0.4, -0.2) is 70.4 Å². The number of para-hydroxylation sites is 1. The molecule has 4 aromatic rings. The first kappa shape index (κ1) is 24.2. The van der Waals surface area contributed by atoms with Crippen molar-refractivity contribution in [3.8, 4) is 5.75 Å². The van der Waals surface area contributed by atoms with Gasteiger partial charge in [-0.15, -0.1) is 0 Å². The van der Waals surface area contributed by atoms with Gasteiger partial charge in [0.25, 0.3) is 0 Å². The molecule has 0 radical (unpaired) electrons. The number of H-pyrrole nitrogens is 1. The molecule has 0 saturated heterocycles. The van der Waals surface area contributed by atoms with Gasteiger partial charge in [0.1, 0.15) is 0 Å². The first-order chi connectivity index (χ1) is 17.5. The molecule has 0 saturated carbocycles. The van der Waals surface area contributed by atoms with Crippen molar-refractivity contribution in [2.75, 3.05) is 33.4 Å². The molecule has 1 aliphatic heterocycles. The quantitative estimate of drug-likeness (QED) is 0.300. The van der Waals surface area contributed by atoms with Crippen LogP contribution in [0.15, 0.2) is 42.5 Å². The van der Waals surface area contributed by atoms with Crippen molar-refractivity contribution < 1.29 is 24.1 Å².